The lowest BCUT2D eigenvalue weighted by molar-refractivity contribution is 0.0682. The van der Waals surface area contributed by atoms with E-state index in [2.05, 4.69) is 29.8 Å². The molecular weight excluding hydrogens is 326 g/mol. The van der Waals surface area contributed by atoms with Gasteiger partial charge in [0.15, 0.2) is 0 Å². The van der Waals surface area contributed by atoms with Crippen molar-refractivity contribution in [1.82, 2.24) is 4.90 Å². The van der Waals surface area contributed by atoms with Crippen LogP contribution >= 0.6 is 27.5 Å². The van der Waals surface area contributed by atoms with Crippen LogP contribution in [0.5, 0.6) is 0 Å². The first-order chi connectivity index (χ1) is 9.04. The maximum Gasteiger partial charge on any atom is 0.254 e. The van der Waals surface area contributed by atoms with Gasteiger partial charge in [-0.1, -0.05) is 41.4 Å². The molecule has 0 aromatic heterocycles. The van der Waals surface area contributed by atoms with Crippen molar-refractivity contribution in [2.45, 2.75) is 39.7 Å². The Labute approximate surface area is 129 Å². The molecule has 0 heterocycles. The molecule has 0 aliphatic rings. The molecule has 106 valence electrons. The number of nitrogens with zero attached hydrogens (tertiary/aromatic N) is 1. The molecule has 0 unspecified atom stereocenters. The summed E-state index contributed by atoms with van der Waals surface area (Å²) in [6.07, 6.45) is 1.95. The Morgan fingerprint density at radius 1 is 1.37 bits per heavy atom. The van der Waals surface area contributed by atoms with Crippen molar-refractivity contribution in [2.24, 2.45) is 0 Å². The van der Waals surface area contributed by atoms with E-state index in [4.69, 9.17) is 11.6 Å². The SMILES string of the molecule is CCC(CC)N(CCBr)C(=O)c1ccc(Cl)cc1C. The van der Waals surface area contributed by atoms with Gasteiger partial charge in [-0.25, -0.2) is 0 Å². The second-order valence-electron chi connectivity index (χ2n) is 4.62. The van der Waals surface area contributed by atoms with E-state index in [0.29, 0.717) is 11.1 Å². The van der Waals surface area contributed by atoms with Gasteiger partial charge in [-0.2, -0.15) is 0 Å². The maximum atomic E-state index is 12.7. The lowest BCUT2D eigenvalue weighted by Crippen LogP contribution is -2.41. The highest BCUT2D eigenvalue weighted by Crippen LogP contribution is 2.19. The van der Waals surface area contributed by atoms with Crippen molar-refractivity contribution in [2.75, 3.05) is 11.9 Å². The Morgan fingerprint density at radius 3 is 2.47 bits per heavy atom. The molecule has 1 aromatic carbocycles. The minimum atomic E-state index is 0.0994. The summed E-state index contributed by atoms with van der Waals surface area (Å²) in [4.78, 5) is 14.7. The van der Waals surface area contributed by atoms with Gasteiger partial charge in [0.2, 0.25) is 0 Å². The number of carbonyl (C=O) groups is 1. The standard InChI is InChI=1S/C15H21BrClNO/c1-4-13(5-2)18(9-8-16)15(19)14-7-6-12(17)10-11(14)3/h6-7,10,13H,4-5,8-9H2,1-3H3. The molecule has 0 saturated heterocycles. The Bertz CT molecular complexity index is 432. The highest BCUT2D eigenvalue weighted by molar-refractivity contribution is 9.09. The topological polar surface area (TPSA) is 20.3 Å². The lowest BCUT2D eigenvalue weighted by atomic mass is 10.0. The van der Waals surface area contributed by atoms with E-state index in [9.17, 15) is 4.79 Å². The molecule has 0 radical (unpaired) electrons. The van der Waals surface area contributed by atoms with E-state index in [0.717, 1.165) is 35.8 Å². The second-order valence-corrected chi connectivity index (χ2v) is 5.85. The van der Waals surface area contributed by atoms with Crippen molar-refractivity contribution in [3.63, 3.8) is 0 Å². The molecule has 0 spiro atoms. The van der Waals surface area contributed by atoms with Crippen molar-refractivity contribution in [1.29, 1.82) is 0 Å². The molecule has 0 atom stereocenters. The maximum absolute atomic E-state index is 12.7. The van der Waals surface area contributed by atoms with Gasteiger partial charge < -0.3 is 4.90 Å². The van der Waals surface area contributed by atoms with Crippen LogP contribution in [-0.2, 0) is 0 Å². The van der Waals surface area contributed by atoms with Crippen LogP contribution in [0.4, 0.5) is 0 Å². The van der Waals surface area contributed by atoms with Crippen LogP contribution in [0.25, 0.3) is 0 Å². The molecule has 0 N–H and O–H groups in total. The summed E-state index contributed by atoms with van der Waals surface area (Å²) < 4.78 is 0. The fourth-order valence-corrected chi connectivity index (χ4v) is 2.90. The molecule has 19 heavy (non-hydrogen) atoms. The van der Waals surface area contributed by atoms with Gasteiger partial charge in [0.1, 0.15) is 0 Å². The van der Waals surface area contributed by atoms with Crippen LogP contribution in [0.15, 0.2) is 18.2 Å². The minimum absolute atomic E-state index is 0.0994. The van der Waals surface area contributed by atoms with E-state index in [1.54, 1.807) is 6.07 Å². The fraction of sp³-hybridized carbons (Fsp3) is 0.533. The number of hydrogen-bond donors (Lipinski definition) is 0. The number of halogens is 2. The third kappa shape index (κ3) is 4.22. The molecule has 0 aliphatic carbocycles. The summed E-state index contributed by atoms with van der Waals surface area (Å²) in [6.45, 7) is 6.90. The van der Waals surface area contributed by atoms with Crippen LogP contribution in [0.1, 0.15) is 42.6 Å². The monoisotopic (exact) mass is 345 g/mol. The average Bonchev–Trinajstić information content (AvgIpc) is 2.38. The summed E-state index contributed by atoms with van der Waals surface area (Å²) in [5, 5.41) is 1.46. The van der Waals surface area contributed by atoms with E-state index >= 15 is 0 Å². The van der Waals surface area contributed by atoms with Gasteiger partial charge >= 0.3 is 0 Å². The number of rotatable bonds is 6. The summed E-state index contributed by atoms with van der Waals surface area (Å²) in [5.74, 6) is 0.0994. The van der Waals surface area contributed by atoms with E-state index in [1.165, 1.54) is 0 Å². The molecule has 0 bridgehead atoms. The summed E-state index contributed by atoms with van der Waals surface area (Å²) in [7, 11) is 0. The quantitative estimate of drug-likeness (QED) is 0.685. The second kappa shape index (κ2) is 7.91. The number of hydrogen-bond acceptors (Lipinski definition) is 1. The Kier molecular flexibility index (Phi) is 6.87. The Balaban J connectivity index is 3.04. The van der Waals surface area contributed by atoms with Gasteiger partial charge in [-0.3, -0.25) is 4.79 Å². The lowest BCUT2D eigenvalue weighted by Gasteiger charge is -2.30. The number of alkyl halides is 1. The summed E-state index contributed by atoms with van der Waals surface area (Å²) in [6, 6.07) is 5.73. The van der Waals surface area contributed by atoms with Crippen molar-refractivity contribution in [3.05, 3.63) is 34.3 Å². The van der Waals surface area contributed by atoms with Crippen molar-refractivity contribution >= 4 is 33.4 Å². The Morgan fingerprint density at radius 2 is 2.00 bits per heavy atom. The van der Waals surface area contributed by atoms with E-state index in [1.807, 2.05) is 24.0 Å². The van der Waals surface area contributed by atoms with Gasteiger partial charge in [0.05, 0.1) is 0 Å². The normalized spacial score (nSPS) is 10.8. The third-order valence-corrected chi connectivity index (χ3v) is 3.98. The highest BCUT2D eigenvalue weighted by Gasteiger charge is 2.22. The molecule has 0 saturated carbocycles. The molecule has 2 nitrogen and oxygen atoms in total. The van der Waals surface area contributed by atoms with Crippen LogP contribution in [-0.4, -0.2) is 28.7 Å². The molecular formula is C15H21BrClNO. The van der Waals surface area contributed by atoms with Gasteiger partial charge in [0, 0.05) is 28.5 Å². The highest BCUT2D eigenvalue weighted by atomic mass is 79.9. The molecule has 1 aromatic rings. The smallest absolute Gasteiger partial charge is 0.254 e. The molecule has 0 aliphatic heterocycles. The first-order valence-electron chi connectivity index (χ1n) is 6.68. The van der Waals surface area contributed by atoms with Crippen LogP contribution in [0.3, 0.4) is 0 Å². The largest absolute Gasteiger partial charge is 0.335 e. The first kappa shape index (κ1) is 16.5. The predicted octanol–water partition coefficient (Wildman–Crippen LogP) is 4.67. The third-order valence-electron chi connectivity index (χ3n) is 3.39. The molecule has 4 heteroatoms. The number of carbonyl (C=O) groups excluding carboxylic acids is 1. The van der Waals surface area contributed by atoms with E-state index in [-0.39, 0.29) is 5.91 Å². The summed E-state index contributed by atoms with van der Waals surface area (Å²) in [5.41, 5.74) is 1.68. The van der Waals surface area contributed by atoms with Crippen LogP contribution in [0.2, 0.25) is 5.02 Å². The zero-order chi connectivity index (χ0) is 14.4. The minimum Gasteiger partial charge on any atom is -0.335 e. The Hall–Kier alpha value is -0.540. The first-order valence-corrected chi connectivity index (χ1v) is 8.18. The predicted molar refractivity (Wildman–Crippen MR) is 85.4 cm³/mol. The van der Waals surface area contributed by atoms with Gasteiger partial charge in [0.25, 0.3) is 5.91 Å². The zero-order valence-electron chi connectivity index (χ0n) is 11.7. The number of benzene rings is 1. The zero-order valence-corrected chi connectivity index (χ0v) is 14.1. The van der Waals surface area contributed by atoms with Crippen LogP contribution < -0.4 is 0 Å². The molecule has 1 rings (SSSR count). The van der Waals surface area contributed by atoms with Gasteiger partial charge in [-0.05, 0) is 43.5 Å². The number of amides is 1. The molecule has 1 amide bonds. The van der Waals surface area contributed by atoms with Crippen LogP contribution in [0, 0.1) is 6.92 Å². The van der Waals surface area contributed by atoms with Crippen molar-refractivity contribution in [3.8, 4) is 0 Å². The molecule has 0 fully saturated rings. The van der Waals surface area contributed by atoms with E-state index < -0.39 is 0 Å². The van der Waals surface area contributed by atoms with Crippen molar-refractivity contribution < 1.29 is 4.79 Å². The van der Waals surface area contributed by atoms with Gasteiger partial charge in [-0.15, -0.1) is 0 Å². The fourth-order valence-electron chi connectivity index (χ4n) is 2.29. The number of aryl methyl sites for hydroxylation is 1. The average molecular weight is 347 g/mol. The summed E-state index contributed by atoms with van der Waals surface area (Å²) >= 11 is 9.38.